The summed E-state index contributed by atoms with van der Waals surface area (Å²) in [6, 6.07) is 0.468. The number of aromatic nitrogens is 2. The second-order valence-electron chi connectivity index (χ2n) is 8.12. The van der Waals surface area contributed by atoms with Crippen molar-refractivity contribution in [1.29, 1.82) is 0 Å². The Morgan fingerprint density at radius 3 is 2.93 bits per heavy atom. The fourth-order valence-electron chi connectivity index (χ4n) is 5.19. The highest BCUT2D eigenvalue weighted by atomic mass is 16.5. The second kappa shape index (κ2) is 7.80. The number of nitrogens with zero attached hydrogens (tertiary/aromatic N) is 4. The molecule has 150 valence electrons. The van der Waals surface area contributed by atoms with Crippen molar-refractivity contribution in [2.45, 2.75) is 57.3 Å². The normalized spacial score (nSPS) is 30.6. The Labute approximate surface area is 162 Å². The maximum atomic E-state index is 6.06. The predicted octanol–water partition coefficient (Wildman–Crippen LogP) is 2.11. The van der Waals surface area contributed by atoms with Gasteiger partial charge in [-0.25, -0.2) is 0 Å². The summed E-state index contributed by atoms with van der Waals surface area (Å²) in [5.41, 5.74) is 1.44. The van der Waals surface area contributed by atoms with Crippen LogP contribution in [-0.2, 0) is 16.5 Å². The van der Waals surface area contributed by atoms with Crippen LogP contribution in [0.5, 0.6) is 0 Å². The number of rotatable bonds is 4. The van der Waals surface area contributed by atoms with Crippen LogP contribution in [0.15, 0.2) is 17.4 Å². The van der Waals surface area contributed by atoms with Gasteiger partial charge in [-0.2, -0.15) is 5.10 Å². The summed E-state index contributed by atoms with van der Waals surface area (Å²) in [5.74, 6) is 0.999. The molecule has 3 fully saturated rings. The first-order valence-corrected chi connectivity index (χ1v) is 10.4. The highest BCUT2D eigenvalue weighted by molar-refractivity contribution is 5.80. The van der Waals surface area contributed by atoms with Gasteiger partial charge >= 0.3 is 0 Å². The van der Waals surface area contributed by atoms with Gasteiger partial charge in [0.2, 0.25) is 0 Å². The van der Waals surface area contributed by atoms with E-state index in [0.717, 1.165) is 37.6 Å². The van der Waals surface area contributed by atoms with Gasteiger partial charge in [-0.1, -0.05) is 12.8 Å². The zero-order valence-electron chi connectivity index (χ0n) is 16.9. The molecule has 3 aliphatic rings. The zero-order chi connectivity index (χ0) is 18.9. The van der Waals surface area contributed by atoms with Gasteiger partial charge in [0.1, 0.15) is 6.10 Å². The topological polar surface area (TPSA) is 63.9 Å². The van der Waals surface area contributed by atoms with Gasteiger partial charge in [-0.3, -0.25) is 9.67 Å². The van der Waals surface area contributed by atoms with E-state index in [-0.39, 0.29) is 6.10 Å². The molecule has 2 aliphatic carbocycles. The maximum absolute atomic E-state index is 6.06. The Bertz CT molecular complexity index is 667. The third-order valence-electron chi connectivity index (χ3n) is 6.67. The lowest BCUT2D eigenvalue weighted by molar-refractivity contribution is -0.126. The summed E-state index contributed by atoms with van der Waals surface area (Å²) < 4.78 is 13.9. The Morgan fingerprint density at radius 1 is 1.44 bits per heavy atom. The number of guanidine groups is 1. The molecule has 2 heterocycles. The first-order chi connectivity index (χ1) is 13.2. The van der Waals surface area contributed by atoms with Crippen molar-refractivity contribution in [3.63, 3.8) is 0 Å². The summed E-state index contributed by atoms with van der Waals surface area (Å²) in [4.78, 5) is 6.94. The van der Waals surface area contributed by atoms with Crippen molar-refractivity contribution in [1.82, 2.24) is 20.0 Å². The van der Waals surface area contributed by atoms with Gasteiger partial charge in [0, 0.05) is 50.5 Å². The van der Waals surface area contributed by atoms with E-state index in [0.29, 0.717) is 24.2 Å². The molecule has 1 aliphatic heterocycles. The predicted molar refractivity (Wildman–Crippen MR) is 105 cm³/mol. The highest BCUT2D eigenvalue weighted by Gasteiger charge is 2.57. The molecule has 7 heteroatoms. The van der Waals surface area contributed by atoms with Crippen molar-refractivity contribution in [2.75, 3.05) is 33.4 Å². The van der Waals surface area contributed by atoms with E-state index in [4.69, 9.17) is 9.47 Å². The van der Waals surface area contributed by atoms with Gasteiger partial charge in [0.15, 0.2) is 5.96 Å². The fourth-order valence-corrected chi connectivity index (χ4v) is 5.19. The highest BCUT2D eigenvalue weighted by Crippen LogP contribution is 2.54. The van der Waals surface area contributed by atoms with Crippen LogP contribution in [0.4, 0.5) is 0 Å². The van der Waals surface area contributed by atoms with Gasteiger partial charge in [0.05, 0.1) is 25.5 Å². The number of hydrogen-bond donors (Lipinski definition) is 1. The smallest absolute Gasteiger partial charge is 0.194 e. The van der Waals surface area contributed by atoms with Crippen LogP contribution in [0.1, 0.15) is 50.7 Å². The van der Waals surface area contributed by atoms with Crippen LogP contribution in [0.3, 0.4) is 0 Å². The molecule has 1 aromatic rings. The van der Waals surface area contributed by atoms with E-state index >= 15 is 0 Å². The Kier molecular flexibility index (Phi) is 5.41. The summed E-state index contributed by atoms with van der Waals surface area (Å²) in [6.45, 7) is 5.29. The molecular formula is C20H33N5O2. The zero-order valence-corrected chi connectivity index (χ0v) is 16.9. The van der Waals surface area contributed by atoms with E-state index in [1.807, 2.05) is 31.2 Å². The minimum atomic E-state index is 0.0454. The Hall–Kier alpha value is -1.60. The molecule has 3 atom stereocenters. The van der Waals surface area contributed by atoms with E-state index in [9.17, 15) is 0 Å². The minimum Gasteiger partial charge on any atom is -0.378 e. The molecule has 4 rings (SSSR count). The van der Waals surface area contributed by atoms with Crippen LogP contribution in [-0.4, -0.2) is 66.1 Å². The van der Waals surface area contributed by atoms with E-state index in [1.54, 1.807) is 0 Å². The van der Waals surface area contributed by atoms with Crippen LogP contribution in [0, 0.1) is 5.41 Å². The molecule has 1 N–H and O–H groups in total. The summed E-state index contributed by atoms with van der Waals surface area (Å²) >= 11 is 0. The standard InChI is InChI=1S/C20H33N5O2/c1-4-26-18-11-17(20(18)7-5-6-8-20)23-19(21-2)25-9-10-27-16(14-25)15-12-22-24(3)13-15/h12-13,16-18H,4-11,14H2,1-3H3,(H,21,23). The van der Waals surface area contributed by atoms with Gasteiger partial charge in [-0.15, -0.1) is 0 Å². The molecular weight excluding hydrogens is 342 g/mol. The minimum absolute atomic E-state index is 0.0454. The number of ether oxygens (including phenoxy) is 2. The molecule has 7 nitrogen and oxygen atoms in total. The summed E-state index contributed by atoms with van der Waals surface area (Å²) in [7, 11) is 3.83. The Balaban J connectivity index is 1.42. The van der Waals surface area contributed by atoms with Crippen molar-refractivity contribution in [3.05, 3.63) is 18.0 Å². The maximum Gasteiger partial charge on any atom is 0.194 e. The van der Waals surface area contributed by atoms with Crippen molar-refractivity contribution >= 4 is 5.96 Å². The molecule has 0 aromatic carbocycles. The number of nitrogens with one attached hydrogen (secondary N) is 1. The largest absolute Gasteiger partial charge is 0.378 e. The average molecular weight is 376 g/mol. The third kappa shape index (κ3) is 3.47. The van der Waals surface area contributed by atoms with Crippen LogP contribution < -0.4 is 5.32 Å². The summed E-state index contributed by atoms with van der Waals surface area (Å²) in [6.07, 6.45) is 10.7. The van der Waals surface area contributed by atoms with E-state index in [2.05, 4.69) is 27.2 Å². The van der Waals surface area contributed by atoms with Crippen LogP contribution in [0.2, 0.25) is 0 Å². The van der Waals surface area contributed by atoms with Crippen molar-refractivity contribution < 1.29 is 9.47 Å². The average Bonchev–Trinajstić information content (AvgIpc) is 3.35. The molecule has 27 heavy (non-hydrogen) atoms. The lowest BCUT2D eigenvalue weighted by atomic mass is 9.60. The molecule has 0 amide bonds. The van der Waals surface area contributed by atoms with E-state index < -0.39 is 0 Å². The van der Waals surface area contributed by atoms with Crippen molar-refractivity contribution in [3.8, 4) is 0 Å². The molecule has 1 saturated heterocycles. The first-order valence-electron chi connectivity index (χ1n) is 10.4. The van der Waals surface area contributed by atoms with Crippen molar-refractivity contribution in [2.24, 2.45) is 17.5 Å². The van der Waals surface area contributed by atoms with Gasteiger partial charge in [0.25, 0.3) is 0 Å². The lowest BCUT2D eigenvalue weighted by Crippen LogP contribution is -2.65. The SMILES string of the molecule is CCOC1CC(NC(=NC)N2CCOC(c3cnn(C)c3)C2)C12CCCC2. The van der Waals surface area contributed by atoms with Crippen LogP contribution in [0.25, 0.3) is 0 Å². The lowest BCUT2D eigenvalue weighted by Gasteiger charge is -2.55. The molecule has 0 radical (unpaired) electrons. The number of aryl methyl sites for hydroxylation is 1. The third-order valence-corrected chi connectivity index (χ3v) is 6.67. The van der Waals surface area contributed by atoms with Gasteiger partial charge in [-0.05, 0) is 26.2 Å². The molecule has 0 bridgehead atoms. The number of aliphatic imine (C=N–C) groups is 1. The Morgan fingerprint density at radius 2 is 2.26 bits per heavy atom. The van der Waals surface area contributed by atoms with E-state index in [1.165, 1.54) is 25.7 Å². The number of morpholine rings is 1. The molecule has 2 saturated carbocycles. The second-order valence-corrected chi connectivity index (χ2v) is 8.12. The quantitative estimate of drug-likeness (QED) is 0.645. The molecule has 1 aromatic heterocycles. The van der Waals surface area contributed by atoms with Crippen LogP contribution >= 0.6 is 0 Å². The fraction of sp³-hybridized carbons (Fsp3) is 0.800. The number of hydrogen-bond acceptors (Lipinski definition) is 4. The molecule has 1 spiro atoms. The molecule has 3 unspecified atom stereocenters. The van der Waals surface area contributed by atoms with Gasteiger partial charge < -0.3 is 19.7 Å². The first kappa shape index (κ1) is 18.7. The monoisotopic (exact) mass is 375 g/mol. The summed E-state index contributed by atoms with van der Waals surface area (Å²) in [5, 5.41) is 8.08.